The predicted octanol–water partition coefficient (Wildman–Crippen LogP) is 3.83. The predicted molar refractivity (Wildman–Crippen MR) is 72.5 cm³/mol. The van der Waals surface area contributed by atoms with E-state index in [4.69, 9.17) is 0 Å². The maximum absolute atomic E-state index is 12.2. The second-order valence-electron chi connectivity index (χ2n) is 5.27. The van der Waals surface area contributed by atoms with E-state index in [2.05, 4.69) is 13.8 Å². The van der Waals surface area contributed by atoms with Gasteiger partial charge in [0.25, 0.3) is 0 Å². The summed E-state index contributed by atoms with van der Waals surface area (Å²) in [4.78, 5) is 24.6. The Morgan fingerprint density at radius 3 is 2.53 bits per heavy atom. The van der Waals surface area contributed by atoms with Crippen LogP contribution in [-0.4, -0.2) is 17.8 Å². The molecule has 1 aromatic rings. The number of rotatable bonds is 2. The second-order valence-corrected chi connectivity index (χ2v) is 7.37. The normalized spacial score (nSPS) is 18.0. The summed E-state index contributed by atoms with van der Waals surface area (Å²) in [5, 5.41) is 0. The molecule has 17 heavy (non-hydrogen) atoms. The van der Waals surface area contributed by atoms with Crippen LogP contribution in [0.15, 0.2) is 4.21 Å². The van der Waals surface area contributed by atoms with Crippen LogP contribution in [0.4, 0.5) is 0 Å². The van der Waals surface area contributed by atoms with Gasteiger partial charge in [-0.15, -0.1) is 23.1 Å². The summed E-state index contributed by atoms with van der Waals surface area (Å²) in [6.07, 6.45) is 3.38. The van der Waals surface area contributed by atoms with Gasteiger partial charge in [0.15, 0.2) is 11.6 Å². The van der Waals surface area contributed by atoms with Crippen LogP contribution >= 0.6 is 23.1 Å². The third-order valence-electron chi connectivity index (χ3n) is 3.05. The Bertz CT molecular complexity index is 498. The maximum Gasteiger partial charge on any atom is 0.170 e. The molecule has 0 fully saturated rings. The molecule has 0 amide bonds. The fraction of sp³-hybridized carbons (Fsp3) is 0.538. The van der Waals surface area contributed by atoms with Gasteiger partial charge < -0.3 is 0 Å². The minimum absolute atomic E-state index is 0.0228. The molecule has 1 aliphatic carbocycles. The van der Waals surface area contributed by atoms with Crippen molar-refractivity contribution < 1.29 is 9.59 Å². The van der Waals surface area contributed by atoms with E-state index in [9.17, 15) is 9.59 Å². The minimum atomic E-state index is -0.0228. The smallest absolute Gasteiger partial charge is 0.170 e. The highest BCUT2D eigenvalue weighted by Gasteiger charge is 2.36. The number of thiophene rings is 1. The van der Waals surface area contributed by atoms with Gasteiger partial charge in [-0.05, 0) is 30.6 Å². The van der Waals surface area contributed by atoms with Gasteiger partial charge in [0.1, 0.15) is 0 Å². The number of ketones is 2. The van der Waals surface area contributed by atoms with Crippen LogP contribution in [0.3, 0.4) is 0 Å². The van der Waals surface area contributed by atoms with E-state index in [1.54, 1.807) is 18.7 Å². The number of fused-ring (bicyclic) bond motifs is 1. The van der Waals surface area contributed by atoms with Crippen molar-refractivity contribution in [2.45, 2.75) is 37.8 Å². The first-order chi connectivity index (χ1) is 7.85. The van der Waals surface area contributed by atoms with Crippen molar-refractivity contribution in [2.24, 2.45) is 5.41 Å². The molecule has 2 nitrogen and oxygen atoms in total. The Morgan fingerprint density at radius 1 is 1.35 bits per heavy atom. The zero-order chi connectivity index (χ0) is 12.8. The van der Waals surface area contributed by atoms with E-state index >= 15 is 0 Å². The zero-order valence-electron chi connectivity index (χ0n) is 10.5. The number of hydrogen-bond donors (Lipinski definition) is 0. The van der Waals surface area contributed by atoms with Crippen LogP contribution < -0.4 is 0 Å². The van der Waals surface area contributed by atoms with Crippen molar-refractivity contribution in [3.05, 3.63) is 16.0 Å². The summed E-state index contributed by atoms with van der Waals surface area (Å²) in [6.45, 7) is 5.77. The highest BCUT2D eigenvalue weighted by molar-refractivity contribution is 8.00. The highest BCUT2D eigenvalue weighted by atomic mass is 32.2. The van der Waals surface area contributed by atoms with Gasteiger partial charge in [-0.3, -0.25) is 9.59 Å². The fourth-order valence-electron chi connectivity index (χ4n) is 2.39. The summed E-state index contributed by atoms with van der Waals surface area (Å²) in [6, 6.07) is 0. The number of carbonyl (C=O) groups is 2. The van der Waals surface area contributed by atoms with Crippen LogP contribution in [0.25, 0.3) is 0 Å². The van der Waals surface area contributed by atoms with E-state index in [1.165, 1.54) is 11.3 Å². The van der Waals surface area contributed by atoms with E-state index in [0.29, 0.717) is 6.42 Å². The Labute approximate surface area is 110 Å². The molecule has 0 aromatic carbocycles. The average molecular weight is 268 g/mol. The van der Waals surface area contributed by atoms with Crippen molar-refractivity contribution >= 4 is 34.7 Å². The third-order valence-corrected chi connectivity index (χ3v) is 5.51. The third kappa shape index (κ3) is 2.20. The number of carbonyl (C=O) groups excluding carboxylic acids is 2. The second kappa shape index (κ2) is 4.25. The standard InChI is InChI=1S/C13H16O2S2/c1-7(14)11-8-5-13(2,3)6-9(15)10(8)12(16-4)17-11/h5-6H2,1-4H3. The van der Waals surface area contributed by atoms with E-state index in [1.807, 2.05) is 6.26 Å². The summed E-state index contributed by atoms with van der Waals surface area (Å²) in [5.74, 6) is 0.279. The molecular weight excluding hydrogens is 252 g/mol. The largest absolute Gasteiger partial charge is 0.294 e. The van der Waals surface area contributed by atoms with Gasteiger partial charge in [0, 0.05) is 12.0 Å². The lowest BCUT2D eigenvalue weighted by atomic mass is 9.74. The molecule has 0 aliphatic heterocycles. The molecule has 0 saturated heterocycles. The topological polar surface area (TPSA) is 34.1 Å². The van der Waals surface area contributed by atoms with E-state index < -0.39 is 0 Å². The lowest BCUT2D eigenvalue weighted by Crippen LogP contribution is -2.27. The summed E-state index contributed by atoms with van der Waals surface area (Å²) < 4.78 is 1.01. The lowest BCUT2D eigenvalue weighted by Gasteiger charge is -2.29. The molecule has 0 N–H and O–H groups in total. The Morgan fingerprint density at radius 2 is 2.00 bits per heavy atom. The molecule has 0 radical (unpaired) electrons. The van der Waals surface area contributed by atoms with Crippen molar-refractivity contribution in [3.63, 3.8) is 0 Å². The van der Waals surface area contributed by atoms with Crippen molar-refractivity contribution in [2.75, 3.05) is 6.26 Å². The van der Waals surface area contributed by atoms with Gasteiger partial charge in [0.05, 0.1) is 9.09 Å². The highest BCUT2D eigenvalue weighted by Crippen LogP contribution is 2.44. The van der Waals surface area contributed by atoms with Crippen molar-refractivity contribution in [3.8, 4) is 0 Å². The first-order valence-corrected chi connectivity index (χ1v) is 7.63. The van der Waals surface area contributed by atoms with Gasteiger partial charge in [-0.2, -0.15) is 0 Å². The van der Waals surface area contributed by atoms with Crippen LogP contribution in [0.1, 0.15) is 52.8 Å². The molecule has 0 bridgehead atoms. The molecule has 4 heteroatoms. The summed E-state index contributed by atoms with van der Waals surface area (Å²) in [5.41, 5.74) is 1.80. The lowest BCUT2D eigenvalue weighted by molar-refractivity contribution is 0.0910. The molecule has 92 valence electrons. The quantitative estimate of drug-likeness (QED) is 0.604. The van der Waals surface area contributed by atoms with Crippen LogP contribution in [0, 0.1) is 5.41 Å². The molecule has 1 aliphatic rings. The Balaban J connectivity index is 2.64. The van der Waals surface area contributed by atoms with E-state index in [-0.39, 0.29) is 17.0 Å². The molecule has 0 atom stereocenters. The van der Waals surface area contributed by atoms with Crippen LogP contribution in [-0.2, 0) is 6.42 Å². The number of thioether (sulfide) groups is 1. The minimum Gasteiger partial charge on any atom is -0.294 e. The molecule has 2 rings (SSSR count). The zero-order valence-corrected chi connectivity index (χ0v) is 12.2. The fourth-order valence-corrected chi connectivity index (χ4v) is 4.38. The average Bonchev–Trinajstić information content (AvgIpc) is 2.54. The number of Topliss-reactive ketones (excluding diaryl/α,β-unsaturated/α-hetero) is 2. The molecule has 0 unspecified atom stereocenters. The van der Waals surface area contributed by atoms with E-state index in [0.717, 1.165) is 26.6 Å². The van der Waals surface area contributed by atoms with Gasteiger partial charge in [-0.25, -0.2) is 0 Å². The van der Waals surface area contributed by atoms with Crippen molar-refractivity contribution in [1.29, 1.82) is 0 Å². The van der Waals surface area contributed by atoms with Crippen LogP contribution in [0.2, 0.25) is 0 Å². The number of hydrogen-bond acceptors (Lipinski definition) is 4. The van der Waals surface area contributed by atoms with Crippen molar-refractivity contribution in [1.82, 2.24) is 0 Å². The summed E-state index contributed by atoms with van der Waals surface area (Å²) >= 11 is 3.05. The first-order valence-electron chi connectivity index (χ1n) is 5.59. The van der Waals surface area contributed by atoms with Gasteiger partial charge in [-0.1, -0.05) is 13.8 Å². The van der Waals surface area contributed by atoms with Gasteiger partial charge in [0.2, 0.25) is 0 Å². The maximum atomic E-state index is 12.2. The van der Waals surface area contributed by atoms with Crippen LogP contribution in [0.5, 0.6) is 0 Å². The molecular formula is C13H16O2S2. The molecule has 1 aromatic heterocycles. The Hall–Kier alpha value is -0.610. The molecule has 1 heterocycles. The van der Waals surface area contributed by atoms with Gasteiger partial charge >= 0.3 is 0 Å². The Kier molecular flexibility index (Phi) is 3.21. The molecule has 0 spiro atoms. The SMILES string of the molecule is CSc1sc(C(C)=O)c2c1C(=O)CC(C)(C)C2. The molecule has 0 saturated carbocycles. The first kappa shape index (κ1) is 12.8. The summed E-state index contributed by atoms with van der Waals surface area (Å²) in [7, 11) is 0. The monoisotopic (exact) mass is 268 g/mol.